The van der Waals surface area contributed by atoms with Crippen molar-refractivity contribution in [2.24, 2.45) is 5.73 Å². The first-order chi connectivity index (χ1) is 8.26. The zero-order valence-electron chi connectivity index (χ0n) is 11.4. The Labute approximate surface area is 108 Å². The Bertz CT molecular complexity index is 291. The van der Waals surface area contributed by atoms with E-state index in [0.717, 1.165) is 32.3 Å². The largest absolute Gasteiger partial charge is 0.444 e. The Hall–Kier alpha value is -1.56. The van der Waals surface area contributed by atoms with Crippen molar-refractivity contribution in [2.75, 3.05) is 26.2 Å². The molecule has 0 radical (unpaired) electrons. The number of carbonyl (C=O) groups excluding carboxylic acids is 2. The van der Waals surface area contributed by atoms with E-state index in [2.05, 4.69) is 17.6 Å². The molecule has 104 valence electrons. The van der Waals surface area contributed by atoms with Gasteiger partial charge in [-0.05, 0) is 26.8 Å². The zero-order chi connectivity index (χ0) is 14.2. The molecule has 0 aromatic carbocycles. The number of carbonyl (C=O) groups is 2. The van der Waals surface area contributed by atoms with Crippen LogP contribution in [0.5, 0.6) is 0 Å². The molecule has 6 heteroatoms. The Balaban J connectivity index is 0.000000494. The van der Waals surface area contributed by atoms with E-state index in [0.29, 0.717) is 0 Å². The summed E-state index contributed by atoms with van der Waals surface area (Å²) in [6, 6.07) is 0. The third-order valence-corrected chi connectivity index (χ3v) is 1.97. The lowest BCUT2D eigenvalue weighted by Crippen LogP contribution is -2.48. The molecule has 0 saturated carbocycles. The van der Waals surface area contributed by atoms with E-state index in [-0.39, 0.29) is 11.7 Å². The van der Waals surface area contributed by atoms with E-state index in [4.69, 9.17) is 4.74 Å². The van der Waals surface area contributed by atoms with E-state index >= 15 is 0 Å². The summed E-state index contributed by atoms with van der Waals surface area (Å²) in [5.74, 6) is -0.481. The monoisotopic (exact) mass is 257 g/mol. The molecule has 6 nitrogen and oxygen atoms in total. The van der Waals surface area contributed by atoms with Crippen LogP contribution >= 0.6 is 0 Å². The molecule has 0 spiro atoms. The Morgan fingerprint density at radius 2 is 1.78 bits per heavy atom. The van der Waals surface area contributed by atoms with Crippen LogP contribution in [0.4, 0.5) is 4.79 Å². The van der Waals surface area contributed by atoms with E-state index in [1.807, 2.05) is 20.8 Å². The summed E-state index contributed by atoms with van der Waals surface area (Å²) in [5, 5.41) is 3.18. The fraction of sp³-hybridized carbons (Fsp3) is 0.667. The van der Waals surface area contributed by atoms with Crippen LogP contribution in [0.3, 0.4) is 0 Å². The molecule has 1 aliphatic heterocycles. The highest BCUT2D eigenvalue weighted by Gasteiger charge is 2.22. The number of hydrogen-bond donors (Lipinski definition) is 2. The van der Waals surface area contributed by atoms with Gasteiger partial charge in [0.2, 0.25) is 5.91 Å². The molecule has 18 heavy (non-hydrogen) atoms. The predicted octanol–water partition coefficient (Wildman–Crippen LogP) is 0.484. The molecule has 0 aromatic heterocycles. The van der Waals surface area contributed by atoms with Gasteiger partial charge in [0.25, 0.3) is 0 Å². The van der Waals surface area contributed by atoms with Crippen molar-refractivity contribution in [3.05, 3.63) is 12.7 Å². The quantitative estimate of drug-likeness (QED) is 0.669. The maximum Gasteiger partial charge on any atom is 0.410 e. The minimum Gasteiger partial charge on any atom is -0.444 e. The zero-order valence-corrected chi connectivity index (χ0v) is 11.4. The van der Waals surface area contributed by atoms with Crippen LogP contribution < -0.4 is 11.1 Å². The minimum absolute atomic E-state index is 0.200. The van der Waals surface area contributed by atoms with Gasteiger partial charge in [0.05, 0.1) is 0 Å². The third kappa shape index (κ3) is 8.58. The van der Waals surface area contributed by atoms with Gasteiger partial charge in [0.15, 0.2) is 0 Å². The molecular formula is C12H23N3O3. The molecule has 1 fully saturated rings. The normalized spacial score (nSPS) is 15.2. The maximum atomic E-state index is 11.5. The summed E-state index contributed by atoms with van der Waals surface area (Å²) >= 11 is 0. The van der Waals surface area contributed by atoms with Crippen LogP contribution in [-0.4, -0.2) is 48.7 Å². The predicted molar refractivity (Wildman–Crippen MR) is 70.1 cm³/mol. The summed E-state index contributed by atoms with van der Waals surface area (Å²) in [7, 11) is 0. The number of amides is 2. The third-order valence-electron chi connectivity index (χ3n) is 1.97. The van der Waals surface area contributed by atoms with Gasteiger partial charge in [0.1, 0.15) is 5.60 Å². The second kappa shape index (κ2) is 7.71. The van der Waals surface area contributed by atoms with Gasteiger partial charge in [-0.25, -0.2) is 4.79 Å². The van der Waals surface area contributed by atoms with Crippen LogP contribution in [0.1, 0.15) is 20.8 Å². The maximum absolute atomic E-state index is 11.5. The van der Waals surface area contributed by atoms with Crippen molar-refractivity contribution < 1.29 is 14.3 Å². The first-order valence-electron chi connectivity index (χ1n) is 5.87. The highest BCUT2D eigenvalue weighted by atomic mass is 16.6. The summed E-state index contributed by atoms with van der Waals surface area (Å²) in [6.07, 6.45) is 0.856. The van der Waals surface area contributed by atoms with Gasteiger partial charge in [-0.3, -0.25) is 4.79 Å². The molecule has 2 amide bonds. The highest BCUT2D eigenvalue weighted by molar-refractivity contribution is 5.84. The topological polar surface area (TPSA) is 84.7 Å². The van der Waals surface area contributed by atoms with Crippen LogP contribution in [0.25, 0.3) is 0 Å². The van der Waals surface area contributed by atoms with Gasteiger partial charge in [0, 0.05) is 26.2 Å². The lowest BCUT2D eigenvalue weighted by molar-refractivity contribution is -0.113. The molecule has 3 N–H and O–H groups in total. The van der Waals surface area contributed by atoms with E-state index < -0.39 is 5.91 Å². The first-order valence-corrected chi connectivity index (χ1v) is 5.87. The summed E-state index contributed by atoms with van der Waals surface area (Å²) in [5.41, 5.74) is 4.15. The van der Waals surface area contributed by atoms with Crippen molar-refractivity contribution in [1.29, 1.82) is 0 Å². The Morgan fingerprint density at radius 3 is 2.11 bits per heavy atom. The van der Waals surface area contributed by atoms with Crippen molar-refractivity contribution in [3.8, 4) is 0 Å². The molecule has 1 heterocycles. The Morgan fingerprint density at radius 1 is 1.33 bits per heavy atom. The molecule has 1 saturated heterocycles. The second-order valence-corrected chi connectivity index (χ2v) is 4.82. The molecule has 0 atom stereocenters. The van der Waals surface area contributed by atoms with Crippen LogP contribution in [-0.2, 0) is 9.53 Å². The average molecular weight is 257 g/mol. The highest BCUT2D eigenvalue weighted by Crippen LogP contribution is 2.09. The number of hydrogen-bond acceptors (Lipinski definition) is 4. The summed E-state index contributed by atoms with van der Waals surface area (Å²) in [4.78, 5) is 22.7. The lowest BCUT2D eigenvalue weighted by atomic mass is 10.2. The molecule has 0 aliphatic carbocycles. The van der Waals surface area contributed by atoms with Crippen LogP contribution in [0, 0.1) is 0 Å². The molecule has 0 bridgehead atoms. The van der Waals surface area contributed by atoms with Crippen molar-refractivity contribution in [1.82, 2.24) is 10.2 Å². The smallest absolute Gasteiger partial charge is 0.410 e. The number of primary amides is 1. The molecule has 1 rings (SSSR count). The van der Waals surface area contributed by atoms with E-state index in [1.165, 1.54) is 0 Å². The molecule has 0 unspecified atom stereocenters. The van der Waals surface area contributed by atoms with Gasteiger partial charge >= 0.3 is 6.09 Å². The van der Waals surface area contributed by atoms with E-state index in [1.54, 1.807) is 4.90 Å². The number of piperazine rings is 1. The fourth-order valence-electron chi connectivity index (χ4n) is 1.17. The van der Waals surface area contributed by atoms with Crippen molar-refractivity contribution >= 4 is 12.0 Å². The molecular weight excluding hydrogens is 234 g/mol. The van der Waals surface area contributed by atoms with Crippen LogP contribution in [0.15, 0.2) is 12.7 Å². The lowest BCUT2D eigenvalue weighted by Gasteiger charge is -2.30. The number of nitrogens with one attached hydrogen (secondary N) is 1. The molecule has 0 aromatic rings. The second-order valence-electron chi connectivity index (χ2n) is 4.82. The number of ether oxygens (including phenoxy) is 1. The summed E-state index contributed by atoms with van der Waals surface area (Å²) in [6.45, 7) is 11.9. The van der Waals surface area contributed by atoms with Gasteiger partial charge in [-0.2, -0.15) is 0 Å². The van der Waals surface area contributed by atoms with Crippen molar-refractivity contribution in [3.63, 3.8) is 0 Å². The fourth-order valence-corrected chi connectivity index (χ4v) is 1.17. The van der Waals surface area contributed by atoms with Crippen LogP contribution in [0.2, 0.25) is 0 Å². The molecule has 1 aliphatic rings. The number of nitrogens with zero attached hydrogens (tertiary/aromatic N) is 1. The SMILES string of the molecule is C=CC(N)=O.CC(C)(C)OC(=O)N1CCNCC1. The van der Waals surface area contributed by atoms with E-state index in [9.17, 15) is 9.59 Å². The minimum atomic E-state index is -0.481. The van der Waals surface area contributed by atoms with Gasteiger partial charge < -0.3 is 20.7 Å². The average Bonchev–Trinajstić information content (AvgIpc) is 2.29. The first kappa shape index (κ1) is 16.4. The Kier molecular flexibility index (Phi) is 7.04. The van der Waals surface area contributed by atoms with Gasteiger partial charge in [-0.1, -0.05) is 6.58 Å². The summed E-state index contributed by atoms with van der Waals surface area (Å²) < 4.78 is 5.24. The standard InChI is InChI=1S/C9H18N2O2.C3H5NO/c1-9(2,3)13-8(12)11-6-4-10-5-7-11;1-2-3(4)5/h10H,4-7H2,1-3H3;2H,1H2,(H2,4,5). The number of nitrogens with two attached hydrogens (primary N) is 1. The van der Waals surface area contributed by atoms with Gasteiger partial charge in [-0.15, -0.1) is 0 Å². The van der Waals surface area contributed by atoms with Crippen molar-refractivity contribution in [2.45, 2.75) is 26.4 Å². The number of rotatable bonds is 1.